The van der Waals surface area contributed by atoms with E-state index in [4.69, 9.17) is 13.9 Å². The molecular weight excluding hydrogens is 332 g/mol. The Balaban J connectivity index is 1.34. The van der Waals surface area contributed by atoms with Gasteiger partial charge in [-0.15, -0.1) is 0 Å². The van der Waals surface area contributed by atoms with E-state index in [0.29, 0.717) is 18.0 Å². The summed E-state index contributed by atoms with van der Waals surface area (Å²) in [7, 11) is 0. The minimum Gasteiger partial charge on any atom is -0.485 e. The van der Waals surface area contributed by atoms with E-state index in [2.05, 4.69) is 4.90 Å². The van der Waals surface area contributed by atoms with Crippen LogP contribution in [0.3, 0.4) is 0 Å². The zero-order valence-electron chi connectivity index (χ0n) is 15.0. The molecule has 1 aromatic heterocycles. The lowest BCUT2D eigenvalue weighted by atomic mass is 10.2. The number of carbonyl (C=O) groups is 1. The van der Waals surface area contributed by atoms with Crippen LogP contribution in [-0.2, 0) is 11.3 Å². The highest BCUT2D eigenvalue weighted by molar-refractivity contribution is 5.82. The van der Waals surface area contributed by atoms with Gasteiger partial charge < -0.3 is 18.8 Å². The molecule has 0 aliphatic carbocycles. The van der Waals surface area contributed by atoms with Crippen molar-refractivity contribution in [3.8, 4) is 11.5 Å². The average molecular weight is 356 g/mol. The Hall–Kier alpha value is -2.47. The van der Waals surface area contributed by atoms with Crippen LogP contribution in [0.15, 0.2) is 40.8 Å². The van der Waals surface area contributed by atoms with E-state index in [0.717, 1.165) is 44.1 Å². The Labute approximate surface area is 153 Å². The van der Waals surface area contributed by atoms with Crippen LogP contribution in [0.25, 0.3) is 0 Å². The number of amides is 1. The van der Waals surface area contributed by atoms with Crippen LogP contribution in [0.2, 0.25) is 0 Å². The van der Waals surface area contributed by atoms with Crippen LogP contribution in [0, 0.1) is 6.92 Å². The Morgan fingerprint density at radius 2 is 1.92 bits per heavy atom. The predicted molar refractivity (Wildman–Crippen MR) is 96.3 cm³/mol. The molecule has 0 saturated carbocycles. The number of aryl methyl sites for hydroxylation is 1. The maximum absolute atomic E-state index is 12.9. The van der Waals surface area contributed by atoms with Gasteiger partial charge in [0.15, 0.2) is 11.5 Å². The molecule has 1 amide bonds. The maximum Gasteiger partial charge on any atom is 0.267 e. The Kier molecular flexibility index (Phi) is 4.84. The molecule has 6 heteroatoms. The summed E-state index contributed by atoms with van der Waals surface area (Å²) in [6, 6.07) is 11.5. The van der Waals surface area contributed by atoms with Crippen molar-refractivity contribution >= 4 is 5.91 Å². The number of ether oxygens (including phenoxy) is 2. The number of benzene rings is 1. The third-order valence-electron chi connectivity index (χ3n) is 4.86. The monoisotopic (exact) mass is 356 g/mol. The summed E-state index contributed by atoms with van der Waals surface area (Å²) >= 11 is 0. The molecule has 1 saturated heterocycles. The van der Waals surface area contributed by atoms with E-state index in [1.54, 1.807) is 0 Å². The van der Waals surface area contributed by atoms with Crippen LogP contribution >= 0.6 is 0 Å². The van der Waals surface area contributed by atoms with E-state index < -0.39 is 6.10 Å². The van der Waals surface area contributed by atoms with Crippen molar-refractivity contribution in [1.82, 2.24) is 9.80 Å². The first kappa shape index (κ1) is 17.0. The normalized spacial score (nSPS) is 20.7. The second kappa shape index (κ2) is 7.41. The molecule has 0 N–H and O–H groups in total. The molecule has 3 heterocycles. The van der Waals surface area contributed by atoms with Gasteiger partial charge in [-0.05, 0) is 37.6 Å². The molecule has 2 aliphatic rings. The molecule has 1 fully saturated rings. The summed E-state index contributed by atoms with van der Waals surface area (Å²) in [6.45, 7) is 6.23. The maximum atomic E-state index is 12.9. The quantitative estimate of drug-likeness (QED) is 0.846. The van der Waals surface area contributed by atoms with Gasteiger partial charge in [0, 0.05) is 26.2 Å². The van der Waals surface area contributed by atoms with Gasteiger partial charge in [-0.25, -0.2) is 0 Å². The minimum absolute atomic E-state index is 0.00944. The first-order valence-electron chi connectivity index (χ1n) is 9.14. The van der Waals surface area contributed by atoms with E-state index in [9.17, 15) is 4.79 Å². The summed E-state index contributed by atoms with van der Waals surface area (Å²) in [6.07, 6.45) is 0.374. The number of hydrogen-bond donors (Lipinski definition) is 0. The van der Waals surface area contributed by atoms with Crippen molar-refractivity contribution in [2.75, 3.05) is 32.8 Å². The summed E-state index contributed by atoms with van der Waals surface area (Å²) in [5.41, 5.74) is 0. The molecule has 4 rings (SSSR count). The number of carbonyl (C=O) groups excluding carboxylic acids is 1. The number of furan rings is 1. The largest absolute Gasteiger partial charge is 0.485 e. The van der Waals surface area contributed by atoms with Crippen molar-refractivity contribution in [1.29, 1.82) is 0 Å². The zero-order valence-corrected chi connectivity index (χ0v) is 15.0. The highest BCUT2D eigenvalue weighted by Crippen LogP contribution is 2.31. The van der Waals surface area contributed by atoms with Gasteiger partial charge in [-0.3, -0.25) is 9.69 Å². The number of hydrogen-bond acceptors (Lipinski definition) is 5. The molecule has 2 aliphatic heterocycles. The number of para-hydroxylation sites is 2. The summed E-state index contributed by atoms with van der Waals surface area (Å²) in [4.78, 5) is 17.1. The lowest BCUT2D eigenvalue weighted by molar-refractivity contribution is -0.141. The highest BCUT2D eigenvalue weighted by atomic mass is 16.6. The lowest BCUT2D eigenvalue weighted by Crippen LogP contribution is -2.47. The van der Waals surface area contributed by atoms with Gasteiger partial charge in [0.25, 0.3) is 5.91 Å². The van der Waals surface area contributed by atoms with Gasteiger partial charge in [-0.2, -0.15) is 0 Å². The third kappa shape index (κ3) is 3.70. The van der Waals surface area contributed by atoms with E-state index in [1.807, 2.05) is 48.2 Å². The fourth-order valence-corrected chi connectivity index (χ4v) is 3.48. The Morgan fingerprint density at radius 1 is 1.08 bits per heavy atom. The molecular formula is C20H24N2O4. The molecule has 1 unspecified atom stereocenters. The first-order chi connectivity index (χ1) is 12.7. The fourth-order valence-electron chi connectivity index (χ4n) is 3.48. The Morgan fingerprint density at radius 3 is 2.73 bits per heavy atom. The minimum atomic E-state index is -0.566. The summed E-state index contributed by atoms with van der Waals surface area (Å²) in [5, 5.41) is 0. The number of fused-ring (bicyclic) bond motifs is 1. The van der Waals surface area contributed by atoms with Crippen LogP contribution in [-0.4, -0.2) is 54.6 Å². The zero-order chi connectivity index (χ0) is 17.9. The molecule has 6 nitrogen and oxygen atoms in total. The Bertz CT molecular complexity index is 773. The van der Waals surface area contributed by atoms with Crippen molar-refractivity contribution in [3.63, 3.8) is 0 Å². The topological polar surface area (TPSA) is 55.2 Å². The standard InChI is InChI=1S/C20H24N2O4/c1-15-7-8-16(25-15)13-21-9-4-10-22(12-11-21)20(23)19-14-24-17-5-2-3-6-18(17)26-19/h2-3,5-8,19H,4,9-14H2,1H3. The van der Waals surface area contributed by atoms with Crippen LogP contribution in [0.4, 0.5) is 0 Å². The molecule has 26 heavy (non-hydrogen) atoms. The second-order valence-corrected chi connectivity index (χ2v) is 6.83. The van der Waals surface area contributed by atoms with Crippen LogP contribution in [0.5, 0.6) is 11.5 Å². The van der Waals surface area contributed by atoms with E-state index >= 15 is 0 Å². The van der Waals surface area contributed by atoms with Gasteiger partial charge in [0.2, 0.25) is 6.10 Å². The number of nitrogens with zero attached hydrogens (tertiary/aromatic N) is 2. The highest BCUT2D eigenvalue weighted by Gasteiger charge is 2.31. The smallest absolute Gasteiger partial charge is 0.267 e. The van der Waals surface area contributed by atoms with E-state index in [-0.39, 0.29) is 12.5 Å². The van der Waals surface area contributed by atoms with Crippen LogP contribution in [0.1, 0.15) is 17.9 Å². The molecule has 0 radical (unpaired) electrons. The van der Waals surface area contributed by atoms with Gasteiger partial charge in [-0.1, -0.05) is 12.1 Å². The molecule has 0 spiro atoms. The number of rotatable bonds is 3. The van der Waals surface area contributed by atoms with Crippen molar-refractivity contribution in [3.05, 3.63) is 47.9 Å². The molecule has 0 bridgehead atoms. The fraction of sp³-hybridized carbons (Fsp3) is 0.450. The van der Waals surface area contributed by atoms with Crippen LogP contribution < -0.4 is 9.47 Å². The SMILES string of the molecule is Cc1ccc(CN2CCCN(C(=O)C3COc4ccccc4O3)CC2)o1. The summed E-state index contributed by atoms with van der Waals surface area (Å²) < 4.78 is 17.2. The molecule has 1 aromatic carbocycles. The molecule has 2 aromatic rings. The third-order valence-corrected chi connectivity index (χ3v) is 4.86. The van der Waals surface area contributed by atoms with Crippen molar-refractivity contribution < 1.29 is 18.7 Å². The van der Waals surface area contributed by atoms with Crippen molar-refractivity contribution in [2.24, 2.45) is 0 Å². The van der Waals surface area contributed by atoms with E-state index in [1.165, 1.54) is 0 Å². The molecule has 1 atom stereocenters. The predicted octanol–water partition coefficient (Wildman–Crippen LogP) is 2.46. The lowest BCUT2D eigenvalue weighted by Gasteiger charge is -2.30. The van der Waals surface area contributed by atoms with Gasteiger partial charge in [0.1, 0.15) is 18.1 Å². The van der Waals surface area contributed by atoms with Crippen molar-refractivity contribution in [2.45, 2.75) is 26.0 Å². The average Bonchev–Trinajstić information content (AvgIpc) is 2.93. The van der Waals surface area contributed by atoms with Gasteiger partial charge >= 0.3 is 0 Å². The summed E-state index contributed by atoms with van der Waals surface area (Å²) in [5.74, 6) is 3.26. The molecule has 138 valence electrons. The van der Waals surface area contributed by atoms with Gasteiger partial charge in [0.05, 0.1) is 6.54 Å². The second-order valence-electron chi connectivity index (χ2n) is 6.83. The first-order valence-corrected chi connectivity index (χ1v) is 9.14.